The highest BCUT2D eigenvalue weighted by Gasteiger charge is 2.17. The Kier molecular flexibility index (Phi) is 4.04. The molecule has 25 heavy (non-hydrogen) atoms. The highest BCUT2D eigenvalue weighted by Crippen LogP contribution is 2.31. The van der Waals surface area contributed by atoms with Crippen LogP contribution in [0.25, 0.3) is 15.7 Å². The molecule has 1 N–H and O–H groups in total. The summed E-state index contributed by atoms with van der Waals surface area (Å²) in [6.45, 7) is 1.82. The Morgan fingerprint density at radius 1 is 1.28 bits per heavy atom. The van der Waals surface area contributed by atoms with Gasteiger partial charge in [-0.1, -0.05) is 6.07 Å². The van der Waals surface area contributed by atoms with E-state index in [4.69, 9.17) is 0 Å². The molecule has 4 heterocycles. The van der Waals surface area contributed by atoms with Crippen molar-refractivity contribution in [1.29, 1.82) is 0 Å². The van der Waals surface area contributed by atoms with Crippen molar-refractivity contribution >= 4 is 34.4 Å². The molecule has 0 unspecified atom stereocenters. The normalized spacial score (nSPS) is 10.8. The Morgan fingerprint density at radius 2 is 2.20 bits per heavy atom. The molecule has 0 aliphatic rings. The summed E-state index contributed by atoms with van der Waals surface area (Å²) in [5, 5.41) is 9.61. The third kappa shape index (κ3) is 3.16. The molecule has 8 nitrogen and oxygen atoms in total. The molecule has 1 amide bonds. The van der Waals surface area contributed by atoms with Crippen LogP contribution < -0.4 is 5.32 Å². The molecule has 0 saturated carbocycles. The van der Waals surface area contributed by atoms with Crippen molar-refractivity contribution in [2.24, 2.45) is 0 Å². The summed E-state index contributed by atoms with van der Waals surface area (Å²) in [6.07, 6.45) is 4.30. The first kappa shape index (κ1) is 15.5. The first-order valence-corrected chi connectivity index (χ1v) is 8.90. The maximum atomic E-state index is 12.6. The van der Waals surface area contributed by atoms with Crippen LogP contribution in [-0.2, 0) is 0 Å². The van der Waals surface area contributed by atoms with Crippen LogP contribution in [0.3, 0.4) is 0 Å². The Bertz CT molecular complexity index is 1010. The molecule has 4 rings (SSSR count). The van der Waals surface area contributed by atoms with Gasteiger partial charge in [0.2, 0.25) is 0 Å². The molecular formula is C15H11N7OS2. The van der Waals surface area contributed by atoms with Gasteiger partial charge >= 0.3 is 0 Å². The first-order valence-electron chi connectivity index (χ1n) is 7.20. The third-order valence-electron chi connectivity index (χ3n) is 3.28. The summed E-state index contributed by atoms with van der Waals surface area (Å²) >= 11 is 2.96. The largest absolute Gasteiger partial charge is 0.306 e. The van der Waals surface area contributed by atoms with E-state index in [1.807, 2.05) is 24.4 Å². The van der Waals surface area contributed by atoms with E-state index in [0.717, 1.165) is 9.88 Å². The number of nitrogens with one attached hydrogen (secondary N) is 1. The molecule has 0 fully saturated rings. The zero-order valence-electron chi connectivity index (χ0n) is 12.9. The summed E-state index contributed by atoms with van der Waals surface area (Å²) in [4.78, 5) is 30.7. The van der Waals surface area contributed by atoms with E-state index in [1.165, 1.54) is 35.0 Å². The predicted molar refractivity (Wildman–Crippen MR) is 95.1 cm³/mol. The number of anilines is 1. The van der Waals surface area contributed by atoms with Gasteiger partial charge in [-0.05, 0) is 18.4 Å². The van der Waals surface area contributed by atoms with Gasteiger partial charge in [0, 0.05) is 6.07 Å². The van der Waals surface area contributed by atoms with E-state index in [2.05, 4.69) is 30.4 Å². The molecule has 0 spiro atoms. The van der Waals surface area contributed by atoms with Crippen molar-refractivity contribution < 1.29 is 4.79 Å². The van der Waals surface area contributed by atoms with Crippen LogP contribution in [-0.4, -0.2) is 35.6 Å². The van der Waals surface area contributed by atoms with Crippen molar-refractivity contribution in [1.82, 2.24) is 29.7 Å². The Labute approximate surface area is 150 Å². The Balaban J connectivity index is 1.58. The fraction of sp³-hybridized carbons (Fsp3) is 0.0667. The zero-order chi connectivity index (χ0) is 17.2. The van der Waals surface area contributed by atoms with Gasteiger partial charge in [0.1, 0.15) is 34.7 Å². The fourth-order valence-electron chi connectivity index (χ4n) is 2.15. The van der Waals surface area contributed by atoms with E-state index >= 15 is 0 Å². The van der Waals surface area contributed by atoms with Crippen LogP contribution >= 0.6 is 22.7 Å². The number of hydrogen-bond donors (Lipinski definition) is 1. The van der Waals surface area contributed by atoms with E-state index in [9.17, 15) is 4.79 Å². The van der Waals surface area contributed by atoms with Crippen LogP contribution in [0.4, 0.5) is 5.82 Å². The van der Waals surface area contributed by atoms with E-state index in [1.54, 1.807) is 17.4 Å². The standard InChI is InChI=1S/C15H11N7OS2/c1-9-13(25-15(20-9)10-3-2-4-24-10)14(23)21-11-5-12(18-7-17-11)22-8-16-6-19-22/h2-8H,1H3,(H,17,18,21,23). The maximum Gasteiger partial charge on any atom is 0.268 e. The summed E-state index contributed by atoms with van der Waals surface area (Å²) in [6, 6.07) is 5.58. The van der Waals surface area contributed by atoms with Crippen LogP contribution in [0.5, 0.6) is 0 Å². The minimum absolute atomic E-state index is 0.249. The van der Waals surface area contributed by atoms with Gasteiger partial charge in [0.25, 0.3) is 5.91 Å². The molecule has 4 aromatic rings. The number of amides is 1. The predicted octanol–water partition coefficient (Wildman–Crippen LogP) is 2.80. The maximum absolute atomic E-state index is 12.6. The van der Waals surface area contributed by atoms with Gasteiger partial charge in [-0.15, -0.1) is 22.7 Å². The third-order valence-corrected chi connectivity index (χ3v) is 5.48. The highest BCUT2D eigenvalue weighted by molar-refractivity contribution is 7.22. The summed E-state index contributed by atoms with van der Waals surface area (Å²) in [5.41, 5.74) is 0.691. The lowest BCUT2D eigenvalue weighted by Gasteiger charge is -2.04. The SMILES string of the molecule is Cc1nc(-c2cccs2)sc1C(=O)Nc1cc(-n2cncn2)ncn1. The molecule has 0 atom stereocenters. The highest BCUT2D eigenvalue weighted by atomic mass is 32.1. The lowest BCUT2D eigenvalue weighted by atomic mass is 10.3. The summed E-state index contributed by atoms with van der Waals surface area (Å²) < 4.78 is 1.49. The van der Waals surface area contributed by atoms with Gasteiger partial charge < -0.3 is 5.32 Å². The second-order valence-corrected chi connectivity index (χ2v) is 6.91. The minimum atomic E-state index is -0.249. The Morgan fingerprint density at radius 3 is 2.96 bits per heavy atom. The monoisotopic (exact) mass is 369 g/mol. The van der Waals surface area contributed by atoms with Crippen molar-refractivity contribution in [2.45, 2.75) is 6.92 Å². The van der Waals surface area contributed by atoms with Crippen LogP contribution in [0.15, 0.2) is 42.6 Å². The molecular weight excluding hydrogens is 358 g/mol. The number of nitrogens with zero attached hydrogens (tertiary/aromatic N) is 6. The first-order chi connectivity index (χ1) is 12.2. The number of thiazole rings is 1. The molecule has 0 saturated heterocycles. The number of hydrogen-bond acceptors (Lipinski definition) is 8. The average Bonchev–Trinajstić information content (AvgIpc) is 3.36. The topological polar surface area (TPSA) is 98.5 Å². The minimum Gasteiger partial charge on any atom is -0.306 e. The molecule has 0 aliphatic heterocycles. The number of carbonyl (C=O) groups is 1. The molecule has 0 bridgehead atoms. The fourth-order valence-corrected chi connectivity index (χ4v) is 3.91. The number of aryl methyl sites for hydroxylation is 1. The van der Waals surface area contributed by atoms with Crippen LogP contribution in [0.1, 0.15) is 15.4 Å². The van der Waals surface area contributed by atoms with Crippen molar-refractivity contribution in [3.63, 3.8) is 0 Å². The average molecular weight is 369 g/mol. The lowest BCUT2D eigenvalue weighted by molar-refractivity contribution is 0.102. The van der Waals surface area contributed by atoms with Gasteiger partial charge in [0.05, 0.1) is 10.6 Å². The molecule has 124 valence electrons. The van der Waals surface area contributed by atoms with Crippen molar-refractivity contribution in [3.05, 3.63) is 53.1 Å². The lowest BCUT2D eigenvalue weighted by Crippen LogP contribution is -2.13. The second kappa shape index (κ2) is 6.49. The quantitative estimate of drug-likeness (QED) is 0.594. The van der Waals surface area contributed by atoms with Gasteiger partial charge in [-0.3, -0.25) is 4.79 Å². The number of rotatable bonds is 4. The molecule has 10 heteroatoms. The molecule has 4 aromatic heterocycles. The number of carbonyl (C=O) groups excluding carboxylic acids is 1. The molecule has 0 aromatic carbocycles. The van der Waals surface area contributed by atoms with Gasteiger partial charge in [-0.2, -0.15) is 5.10 Å². The van der Waals surface area contributed by atoms with Gasteiger partial charge in [-0.25, -0.2) is 24.6 Å². The second-order valence-electron chi connectivity index (χ2n) is 4.97. The molecule has 0 radical (unpaired) electrons. The van der Waals surface area contributed by atoms with E-state index in [0.29, 0.717) is 22.2 Å². The van der Waals surface area contributed by atoms with Crippen molar-refractivity contribution in [3.8, 4) is 15.7 Å². The van der Waals surface area contributed by atoms with Crippen molar-refractivity contribution in [2.75, 3.05) is 5.32 Å². The number of aromatic nitrogens is 6. The molecule has 0 aliphatic carbocycles. The smallest absolute Gasteiger partial charge is 0.268 e. The summed E-state index contributed by atoms with van der Waals surface area (Å²) in [7, 11) is 0. The van der Waals surface area contributed by atoms with E-state index in [-0.39, 0.29) is 5.91 Å². The summed E-state index contributed by atoms with van der Waals surface area (Å²) in [5.74, 6) is 0.653. The number of thiophene rings is 1. The zero-order valence-corrected chi connectivity index (χ0v) is 14.6. The van der Waals surface area contributed by atoms with E-state index < -0.39 is 0 Å². The van der Waals surface area contributed by atoms with Crippen LogP contribution in [0, 0.1) is 6.92 Å². The van der Waals surface area contributed by atoms with Gasteiger partial charge in [0.15, 0.2) is 5.82 Å². The Hall–Kier alpha value is -2.98. The van der Waals surface area contributed by atoms with Crippen LogP contribution in [0.2, 0.25) is 0 Å².